The highest BCUT2D eigenvalue weighted by Crippen LogP contribution is 2.25. The van der Waals surface area contributed by atoms with Gasteiger partial charge in [-0.1, -0.05) is 11.6 Å². The Morgan fingerprint density at radius 2 is 2.12 bits per heavy atom. The van der Waals surface area contributed by atoms with Crippen LogP contribution in [0.1, 0.15) is 12.0 Å². The number of hydrogen-bond donors (Lipinski definition) is 3. The molecule has 0 fully saturated rings. The monoisotopic (exact) mass is 278 g/mol. The van der Waals surface area contributed by atoms with Crippen LogP contribution in [-0.4, -0.2) is 26.7 Å². The molecule has 0 radical (unpaired) electrons. The van der Waals surface area contributed by atoms with Gasteiger partial charge in [-0.3, -0.25) is 0 Å². The van der Waals surface area contributed by atoms with E-state index in [1.807, 2.05) is 0 Å². The third-order valence-electron chi connectivity index (χ3n) is 2.21. The second-order valence-corrected chi connectivity index (χ2v) is 5.76. The van der Waals surface area contributed by atoms with E-state index >= 15 is 0 Å². The Kier molecular flexibility index (Phi) is 4.76. The van der Waals surface area contributed by atoms with Crippen molar-refractivity contribution < 1.29 is 13.5 Å². The number of nitrogen functional groups attached to an aromatic ring is 1. The summed E-state index contributed by atoms with van der Waals surface area (Å²) in [6.07, 6.45) is 0.362. The van der Waals surface area contributed by atoms with E-state index in [1.54, 1.807) is 6.92 Å². The van der Waals surface area contributed by atoms with Crippen LogP contribution in [0.4, 0.5) is 5.69 Å². The first-order chi connectivity index (χ1) is 7.88. The highest BCUT2D eigenvalue weighted by molar-refractivity contribution is 7.89. The van der Waals surface area contributed by atoms with Gasteiger partial charge in [0, 0.05) is 13.2 Å². The molecule has 0 saturated carbocycles. The van der Waals surface area contributed by atoms with Gasteiger partial charge in [-0.15, -0.1) is 0 Å². The minimum absolute atomic E-state index is 0.0652. The first kappa shape index (κ1) is 14.2. The Balaban J connectivity index is 3.03. The third-order valence-corrected chi connectivity index (χ3v) is 4.14. The number of sulfonamides is 1. The highest BCUT2D eigenvalue weighted by Gasteiger charge is 2.17. The summed E-state index contributed by atoms with van der Waals surface area (Å²) in [7, 11) is -3.60. The fraction of sp³-hybridized carbons (Fsp3) is 0.400. The van der Waals surface area contributed by atoms with Crippen LogP contribution >= 0.6 is 11.6 Å². The molecule has 7 heteroatoms. The summed E-state index contributed by atoms with van der Waals surface area (Å²) in [5.74, 6) is 0. The lowest BCUT2D eigenvalue weighted by Gasteiger charge is -2.10. The third kappa shape index (κ3) is 3.57. The number of aliphatic hydroxyl groups is 1. The average molecular weight is 279 g/mol. The SMILES string of the molecule is Cc1cc(Cl)c(N)cc1S(=O)(=O)NCCCO. The zero-order valence-corrected chi connectivity index (χ0v) is 11.0. The van der Waals surface area contributed by atoms with Crippen molar-refractivity contribution in [2.24, 2.45) is 0 Å². The molecule has 0 aliphatic rings. The molecule has 0 aliphatic carbocycles. The van der Waals surface area contributed by atoms with E-state index in [1.165, 1.54) is 12.1 Å². The molecule has 0 heterocycles. The molecule has 17 heavy (non-hydrogen) atoms. The molecule has 0 amide bonds. The van der Waals surface area contributed by atoms with Gasteiger partial charge in [0.05, 0.1) is 15.6 Å². The summed E-state index contributed by atoms with van der Waals surface area (Å²) in [6.45, 7) is 1.76. The van der Waals surface area contributed by atoms with Gasteiger partial charge < -0.3 is 10.8 Å². The van der Waals surface area contributed by atoms with Crippen molar-refractivity contribution in [3.63, 3.8) is 0 Å². The van der Waals surface area contributed by atoms with Gasteiger partial charge >= 0.3 is 0 Å². The van der Waals surface area contributed by atoms with Crippen molar-refractivity contribution in [2.45, 2.75) is 18.2 Å². The van der Waals surface area contributed by atoms with Gasteiger partial charge in [-0.25, -0.2) is 13.1 Å². The Hall–Kier alpha value is -0.820. The number of aryl methyl sites for hydroxylation is 1. The van der Waals surface area contributed by atoms with Gasteiger partial charge in [-0.2, -0.15) is 0 Å². The van der Waals surface area contributed by atoms with Crippen LogP contribution < -0.4 is 10.5 Å². The van der Waals surface area contributed by atoms with E-state index in [9.17, 15) is 8.42 Å². The predicted molar refractivity (Wildman–Crippen MR) is 67.5 cm³/mol. The van der Waals surface area contributed by atoms with Crippen molar-refractivity contribution in [1.82, 2.24) is 4.72 Å². The maximum absolute atomic E-state index is 11.9. The molecule has 0 aliphatic heterocycles. The number of rotatable bonds is 5. The van der Waals surface area contributed by atoms with Crippen molar-refractivity contribution >= 4 is 27.3 Å². The van der Waals surface area contributed by atoms with Crippen molar-refractivity contribution in [2.75, 3.05) is 18.9 Å². The smallest absolute Gasteiger partial charge is 0.240 e. The number of nitrogens with one attached hydrogen (secondary N) is 1. The minimum atomic E-state index is -3.60. The summed E-state index contributed by atoms with van der Waals surface area (Å²) >= 11 is 5.79. The molecule has 0 saturated heterocycles. The minimum Gasteiger partial charge on any atom is -0.397 e. The van der Waals surface area contributed by atoms with Crippen molar-refractivity contribution in [3.05, 3.63) is 22.7 Å². The topological polar surface area (TPSA) is 92.4 Å². The van der Waals surface area contributed by atoms with Crippen molar-refractivity contribution in [3.8, 4) is 0 Å². The summed E-state index contributed by atoms with van der Waals surface area (Å²) in [6, 6.07) is 2.84. The maximum Gasteiger partial charge on any atom is 0.240 e. The van der Waals surface area contributed by atoms with Gasteiger partial charge in [0.2, 0.25) is 10.0 Å². The zero-order chi connectivity index (χ0) is 13.1. The van der Waals surface area contributed by atoms with E-state index in [2.05, 4.69) is 4.72 Å². The lowest BCUT2D eigenvalue weighted by Crippen LogP contribution is -2.26. The van der Waals surface area contributed by atoms with Crippen LogP contribution in [0.15, 0.2) is 17.0 Å². The number of benzene rings is 1. The Bertz CT molecular complexity index is 503. The van der Waals surface area contributed by atoms with Gasteiger partial charge in [-0.05, 0) is 31.0 Å². The second kappa shape index (κ2) is 5.68. The fourth-order valence-electron chi connectivity index (χ4n) is 1.32. The standard InChI is InChI=1S/C10H15ClN2O3S/c1-7-5-8(11)9(12)6-10(7)17(15,16)13-3-2-4-14/h5-6,13-14H,2-4,12H2,1H3. The highest BCUT2D eigenvalue weighted by atomic mass is 35.5. The second-order valence-electron chi connectivity index (χ2n) is 3.61. The predicted octanol–water partition coefficient (Wildman–Crippen LogP) is 0.891. The summed E-state index contributed by atoms with van der Waals surface area (Å²) in [5, 5.41) is 8.93. The van der Waals surface area contributed by atoms with Crippen LogP contribution in [0.25, 0.3) is 0 Å². The number of halogens is 1. The number of nitrogens with two attached hydrogens (primary N) is 1. The molecule has 0 spiro atoms. The number of aliphatic hydroxyl groups excluding tert-OH is 1. The summed E-state index contributed by atoms with van der Waals surface area (Å²) < 4.78 is 26.2. The fourth-order valence-corrected chi connectivity index (χ4v) is 2.87. The zero-order valence-electron chi connectivity index (χ0n) is 9.40. The average Bonchev–Trinajstić information content (AvgIpc) is 2.23. The lowest BCUT2D eigenvalue weighted by atomic mass is 10.2. The van der Waals surface area contributed by atoms with Crippen LogP contribution in [0.3, 0.4) is 0 Å². The molecule has 1 rings (SSSR count). The van der Waals surface area contributed by atoms with E-state index in [0.29, 0.717) is 17.0 Å². The number of anilines is 1. The molecule has 0 aromatic heterocycles. The molecule has 0 unspecified atom stereocenters. The first-order valence-electron chi connectivity index (χ1n) is 5.04. The Morgan fingerprint density at radius 1 is 1.47 bits per heavy atom. The van der Waals surface area contributed by atoms with Crippen LogP contribution in [0.5, 0.6) is 0 Å². The van der Waals surface area contributed by atoms with Gasteiger partial charge in [0.1, 0.15) is 0 Å². The molecule has 0 bridgehead atoms. The molecule has 96 valence electrons. The normalized spacial score (nSPS) is 11.7. The maximum atomic E-state index is 11.9. The van der Waals surface area contributed by atoms with Crippen LogP contribution in [0, 0.1) is 6.92 Å². The largest absolute Gasteiger partial charge is 0.397 e. The van der Waals surface area contributed by atoms with Crippen LogP contribution in [0.2, 0.25) is 5.02 Å². The molecule has 0 atom stereocenters. The Morgan fingerprint density at radius 3 is 2.71 bits per heavy atom. The van der Waals surface area contributed by atoms with E-state index in [4.69, 9.17) is 22.4 Å². The molecule has 1 aromatic rings. The molecular formula is C10H15ClN2O3S. The lowest BCUT2D eigenvalue weighted by molar-refractivity contribution is 0.289. The summed E-state index contributed by atoms with van der Waals surface area (Å²) in [5.41, 5.74) is 6.33. The molecule has 4 N–H and O–H groups in total. The quantitative estimate of drug-likeness (QED) is 0.551. The molecular weight excluding hydrogens is 264 g/mol. The van der Waals surface area contributed by atoms with E-state index < -0.39 is 10.0 Å². The van der Waals surface area contributed by atoms with E-state index in [-0.39, 0.29) is 23.7 Å². The first-order valence-corrected chi connectivity index (χ1v) is 6.90. The van der Waals surface area contributed by atoms with Gasteiger partial charge in [0.25, 0.3) is 0 Å². The summed E-state index contributed by atoms with van der Waals surface area (Å²) in [4.78, 5) is 0.109. The number of hydrogen-bond acceptors (Lipinski definition) is 4. The molecule has 5 nitrogen and oxygen atoms in total. The Labute approximate surface area is 106 Å². The van der Waals surface area contributed by atoms with E-state index in [0.717, 1.165) is 0 Å². The van der Waals surface area contributed by atoms with Gasteiger partial charge in [0.15, 0.2) is 0 Å². The molecule has 1 aromatic carbocycles. The van der Waals surface area contributed by atoms with Crippen LogP contribution in [-0.2, 0) is 10.0 Å². The van der Waals surface area contributed by atoms with Crippen molar-refractivity contribution in [1.29, 1.82) is 0 Å².